The maximum Gasteiger partial charge on any atom is 0.292 e. The SMILES string of the molecule is CCCc1cnc(SC)nc1-c1cc(OC)c(=O)n(C)c1. The van der Waals surface area contributed by atoms with Crippen molar-refractivity contribution in [3.05, 3.63) is 34.4 Å². The van der Waals surface area contributed by atoms with Gasteiger partial charge in [-0.05, 0) is 24.3 Å². The molecule has 0 saturated carbocycles. The standard InChI is InChI=1S/C15H19N3O2S/c1-5-6-10-8-16-15(21-4)17-13(10)11-7-12(20-3)14(19)18(2)9-11/h7-9H,5-6H2,1-4H3. The number of thioether (sulfide) groups is 1. The Balaban J connectivity index is 2.64. The Kier molecular flexibility index (Phi) is 5.01. The highest BCUT2D eigenvalue weighted by atomic mass is 32.2. The molecule has 0 bridgehead atoms. The van der Waals surface area contributed by atoms with Crippen molar-refractivity contribution in [3.8, 4) is 17.0 Å². The first-order valence-corrected chi connectivity index (χ1v) is 7.98. The van der Waals surface area contributed by atoms with Crippen LogP contribution in [0, 0.1) is 0 Å². The predicted octanol–water partition coefficient (Wildman–Crippen LogP) is 2.53. The minimum atomic E-state index is -0.155. The number of ether oxygens (including phenoxy) is 1. The first-order chi connectivity index (χ1) is 10.1. The molecule has 0 amide bonds. The zero-order chi connectivity index (χ0) is 15.4. The molecule has 0 spiro atoms. The molecular weight excluding hydrogens is 286 g/mol. The predicted molar refractivity (Wildman–Crippen MR) is 85.0 cm³/mol. The van der Waals surface area contributed by atoms with Crippen LogP contribution in [0.25, 0.3) is 11.3 Å². The second-order valence-corrected chi connectivity index (χ2v) is 5.47. The minimum Gasteiger partial charge on any atom is -0.491 e. The number of methoxy groups -OCH3 is 1. The molecule has 5 nitrogen and oxygen atoms in total. The van der Waals surface area contributed by atoms with Gasteiger partial charge in [0.15, 0.2) is 10.9 Å². The molecule has 0 unspecified atom stereocenters. The monoisotopic (exact) mass is 305 g/mol. The lowest BCUT2D eigenvalue weighted by Crippen LogP contribution is -2.18. The lowest BCUT2D eigenvalue weighted by molar-refractivity contribution is 0.405. The average Bonchev–Trinajstić information content (AvgIpc) is 2.50. The average molecular weight is 305 g/mol. The molecule has 0 aliphatic heterocycles. The summed E-state index contributed by atoms with van der Waals surface area (Å²) in [7, 11) is 3.21. The third-order valence-electron chi connectivity index (χ3n) is 3.19. The molecule has 0 fully saturated rings. The van der Waals surface area contributed by atoms with Crippen LogP contribution < -0.4 is 10.3 Å². The van der Waals surface area contributed by atoms with Crippen LogP contribution in [-0.4, -0.2) is 27.9 Å². The summed E-state index contributed by atoms with van der Waals surface area (Å²) in [5, 5.41) is 0.720. The third-order valence-corrected chi connectivity index (χ3v) is 3.75. The third kappa shape index (κ3) is 3.26. The molecule has 21 heavy (non-hydrogen) atoms. The molecule has 2 aromatic heterocycles. The molecule has 2 rings (SSSR count). The smallest absolute Gasteiger partial charge is 0.292 e. The van der Waals surface area contributed by atoms with Crippen LogP contribution in [0.4, 0.5) is 0 Å². The Hall–Kier alpha value is -1.82. The van der Waals surface area contributed by atoms with Crippen molar-refractivity contribution in [3.63, 3.8) is 0 Å². The molecular formula is C15H19N3O2S. The number of hydrogen-bond acceptors (Lipinski definition) is 5. The van der Waals surface area contributed by atoms with E-state index in [2.05, 4.69) is 16.9 Å². The molecule has 0 N–H and O–H groups in total. The molecule has 0 aliphatic carbocycles. The topological polar surface area (TPSA) is 57.0 Å². The summed E-state index contributed by atoms with van der Waals surface area (Å²) in [6.07, 6.45) is 7.51. The van der Waals surface area contributed by atoms with E-state index in [4.69, 9.17) is 4.74 Å². The van der Waals surface area contributed by atoms with Crippen LogP contribution >= 0.6 is 11.8 Å². The van der Waals surface area contributed by atoms with E-state index in [1.807, 2.05) is 12.5 Å². The largest absolute Gasteiger partial charge is 0.491 e. The molecule has 0 aromatic carbocycles. The Bertz CT molecular complexity index is 698. The van der Waals surface area contributed by atoms with Gasteiger partial charge in [-0.1, -0.05) is 25.1 Å². The Morgan fingerprint density at radius 2 is 2.19 bits per heavy atom. The van der Waals surface area contributed by atoms with Crippen molar-refractivity contribution in [1.82, 2.24) is 14.5 Å². The van der Waals surface area contributed by atoms with Gasteiger partial charge in [-0.15, -0.1) is 0 Å². The molecule has 2 heterocycles. The van der Waals surface area contributed by atoms with E-state index >= 15 is 0 Å². The van der Waals surface area contributed by atoms with E-state index in [1.165, 1.54) is 23.4 Å². The Morgan fingerprint density at radius 3 is 2.81 bits per heavy atom. The highest BCUT2D eigenvalue weighted by molar-refractivity contribution is 7.98. The van der Waals surface area contributed by atoms with Gasteiger partial charge in [-0.2, -0.15) is 0 Å². The van der Waals surface area contributed by atoms with Gasteiger partial charge in [-0.25, -0.2) is 9.97 Å². The number of aromatic nitrogens is 3. The lowest BCUT2D eigenvalue weighted by Gasteiger charge is -2.11. The maximum atomic E-state index is 11.9. The number of rotatable bonds is 5. The molecule has 0 radical (unpaired) electrons. The van der Waals surface area contributed by atoms with Crippen LogP contribution in [-0.2, 0) is 13.5 Å². The van der Waals surface area contributed by atoms with Crippen LogP contribution in [0.1, 0.15) is 18.9 Å². The van der Waals surface area contributed by atoms with Gasteiger partial charge in [-0.3, -0.25) is 4.79 Å². The summed E-state index contributed by atoms with van der Waals surface area (Å²) >= 11 is 1.50. The normalized spacial score (nSPS) is 10.7. The van der Waals surface area contributed by atoms with Gasteiger partial charge >= 0.3 is 0 Å². The number of aryl methyl sites for hydroxylation is 2. The van der Waals surface area contributed by atoms with Crippen molar-refractivity contribution in [1.29, 1.82) is 0 Å². The first kappa shape index (κ1) is 15.6. The fourth-order valence-electron chi connectivity index (χ4n) is 2.15. The van der Waals surface area contributed by atoms with Gasteiger partial charge < -0.3 is 9.30 Å². The zero-order valence-corrected chi connectivity index (χ0v) is 13.5. The Labute approximate surface area is 128 Å². The van der Waals surface area contributed by atoms with E-state index in [9.17, 15) is 4.79 Å². The fraction of sp³-hybridized carbons (Fsp3) is 0.400. The second-order valence-electron chi connectivity index (χ2n) is 4.69. The minimum absolute atomic E-state index is 0.155. The summed E-state index contributed by atoms with van der Waals surface area (Å²) in [6.45, 7) is 2.12. The van der Waals surface area contributed by atoms with Gasteiger partial charge in [0.2, 0.25) is 0 Å². The Morgan fingerprint density at radius 1 is 1.43 bits per heavy atom. The highest BCUT2D eigenvalue weighted by Crippen LogP contribution is 2.25. The lowest BCUT2D eigenvalue weighted by atomic mass is 10.1. The summed E-state index contributed by atoms with van der Waals surface area (Å²) in [6, 6.07) is 1.74. The summed E-state index contributed by atoms with van der Waals surface area (Å²) in [5.41, 5.74) is 2.66. The van der Waals surface area contributed by atoms with E-state index in [1.54, 1.807) is 19.3 Å². The van der Waals surface area contributed by atoms with Crippen LogP contribution in [0.15, 0.2) is 28.4 Å². The molecule has 0 saturated heterocycles. The van der Waals surface area contributed by atoms with Gasteiger partial charge in [0.25, 0.3) is 5.56 Å². The van der Waals surface area contributed by atoms with Crippen LogP contribution in [0.5, 0.6) is 5.75 Å². The van der Waals surface area contributed by atoms with Crippen molar-refractivity contribution in [2.75, 3.05) is 13.4 Å². The van der Waals surface area contributed by atoms with E-state index < -0.39 is 0 Å². The molecule has 0 aliphatic rings. The van der Waals surface area contributed by atoms with E-state index in [0.29, 0.717) is 5.75 Å². The van der Waals surface area contributed by atoms with E-state index in [-0.39, 0.29) is 5.56 Å². The summed E-state index contributed by atoms with van der Waals surface area (Å²) in [4.78, 5) is 20.9. The molecule has 0 atom stereocenters. The van der Waals surface area contributed by atoms with Gasteiger partial charge in [0.1, 0.15) is 0 Å². The van der Waals surface area contributed by atoms with Gasteiger partial charge in [0.05, 0.1) is 12.8 Å². The number of hydrogen-bond donors (Lipinski definition) is 0. The molecule has 2 aromatic rings. The number of nitrogens with zero attached hydrogens (tertiary/aromatic N) is 3. The quantitative estimate of drug-likeness (QED) is 0.627. The highest BCUT2D eigenvalue weighted by Gasteiger charge is 2.13. The van der Waals surface area contributed by atoms with Crippen LogP contribution in [0.2, 0.25) is 0 Å². The zero-order valence-electron chi connectivity index (χ0n) is 12.7. The van der Waals surface area contributed by atoms with Crippen molar-refractivity contribution >= 4 is 11.8 Å². The molecule has 112 valence electrons. The number of pyridine rings is 1. The maximum absolute atomic E-state index is 11.9. The summed E-state index contributed by atoms with van der Waals surface area (Å²) in [5.74, 6) is 0.321. The van der Waals surface area contributed by atoms with E-state index in [0.717, 1.165) is 34.8 Å². The molecule has 6 heteroatoms. The van der Waals surface area contributed by atoms with Gasteiger partial charge in [0, 0.05) is 25.0 Å². The fourth-order valence-corrected chi connectivity index (χ4v) is 2.49. The van der Waals surface area contributed by atoms with Crippen molar-refractivity contribution in [2.45, 2.75) is 24.9 Å². The van der Waals surface area contributed by atoms with Crippen molar-refractivity contribution in [2.24, 2.45) is 7.05 Å². The second kappa shape index (κ2) is 6.76. The summed E-state index contributed by atoms with van der Waals surface area (Å²) < 4.78 is 6.68. The van der Waals surface area contributed by atoms with Crippen molar-refractivity contribution < 1.29 is 4.74 Å². The first-order valence-electron chi connectivity index (χ1n) is 6.75. The van der Waals surface area contributed by atoms with Crippen LogP contribution in [0.3, 0.4) is 0 Å².